The van der Waals surface area contributed by atoms with E-state index in [-0.39, 0.29) is 24.5 Å². The Morgan fingerprint density at radius 3 is 2.79 bits per heavy atom. The highest BCUT2D eigenvalue weighted by Crippen LogP contribution is 2.44. The summed E-state index contributed by atoms with van der Waals surface area (Å²) in [5, 5.41) is 2.74. The second-order valence-electron chi connectivity index (χ2n) is 6.07. The highest BCUT2D eigenvalue weighted by atomic mass is 16.5. The molecule has 2 aliphatic heterocycles. The van der Waals surface area contributed by atoms with Gasteiger partial charge in [0.05, 0.1) is 12.6 Å². The highest BCUT2D eigenvalue weighted by molar-refractivity contribution is 5.98. The Bertz CT molecular complexity index is 388. The lowest BCUT2D eigenvalue weighted by Crippen LogP contribution is -2.67. The summed E-state index contributed by atoms with van der Waals surface area (Å²) in [6, 6.07) is 0. The fourth-order valence-electron chi connectivity index (χ4n) is 3.37. The van der Waals surface area contributed by atoms with E-state index in [1.165, 1.54) is 0 Å². The Balaban J connectivity index is 1.70. The van der Waals surface area contributed by atoms with Crippen molar-refractivity contribution in [3.8, 4) is 0 Å². The van der Waals surface area contributed by atoms with Crippen molar-refractivity contribution in [1.29, 1.82) is 0 Å². The minimum Gasteiger partial charge on any atom is -0.378 e. The van der Waals surface area contributed by atoms with Crippen molar-refractivity contribution in [2.45, 2.75) is 50.7 Å². The molecule has 3 fully saturated rings. The molecule has 0 aromatic heterocycles. The molecule has 0 aromatic carbocycles. The van der Waals surface area contributed by atoms with E-state index < -0.39 is 5.54 Å². The van der Waals surface area contributed by atoms with Crippen LogP contribution in [0.4, 0.5) is 0 Å². The number of piperazine rings is 1. The Morgan fingerprint density at radius 1 is 1.37 bits per heavy atom. The van der Waals surface area contributed by atoms with Crippen LogP contribution in [0.2, 0.25) is 0 Å². The zero-order valence-electron chi connectivity index (χ0n) is 11.5. The summed E-state index contributed by atoms with van der Waals surface area (Å²) < 4.78 is 5.61. The van der Waals surface area contributed by atoms with Crippen molar-refractivity contribution < 1.29 is 14.3 Å². The Labute approximate surface area is 113 Å². The molecule has 0 aromatic rings. The van der Waals surface area contributed by atoms with Gasteiger partial charge in [0.1, 0.15) is 5.54 Å². The van der Waals surface area contributed by atoms with Gasteiger partial charge in [-0.15, -0.1) is 0 Å². The molecule has 2 unspecified atom stereocenters. The van der Waals surface area contributed by atoms with Crippen LogP contribution in [0.15, 0.2) is 0 Å². The maximum Gasteiger partial charge on any atom is 0.246 e. The maximum atomic E-state index is 12.2. The van der Waals surface area contributed by atoms with Gasteiger partial charge in [-0.1, -0.05) is 0 Å². The third-order valence-electron chi connectivity index (χ3n) is 4.79. The molecule has 1 saturated carbocycles. The van der Waals surface area contributed by atoms with Crippen molar-refractivity contribution in [1.82, 2.24) is 10.2 Å². The van der Waals surface area contributed by atoms with E-state index in [1.807, 2.05) is 11.8 Å². The lowest BCUT2D eigenvalue weighted by Gasteiger charge is -2.44. The minimum atomic E-state index is -0.631. The first kappa shape index (κ1) is 12.9. The van der Waals surface area contributed by atoms with Gasteiger partial charge in [0.15, 0.2) is 0 Å². The van der Waals surface area contributed by atoms with E-state index in [4.69, 9.17) is 4.74 Å². The number of ether oxygens (including phenoxy) is 1. The van der Waals surface area contributed by atoms with Crippen LogP contribution in [0.25, 0.3) is 0 Å². The molecule has 5 heteroatoms. The van der Waals surface area contributed by atoms with Gasteiger partial charge in [0.25, 0.3) is 0 Å². The average molecular weight is 266 g/mol. The second-order valence-corrected chi connectivity index (χ2v) is 6.07. The van der Waals surface area contributed by atoms with Crippen molar-refractivity contribution in [2.24, 2.45) is 5.92 Å². The van der Waals surface area contributed by atoms with E-state index in [1.54, 1.807) is 0 Å². The van der Waals surface area contributed by atoms with E-state index in [0.717, 1.165) is 38.7 Å². The normalized spacial score (nSPS) is 35.6. The van der Waals surface area contributed by atoms with Crippen molar-refractivity contribution in [3.63, 3.8) is 0 Å². The summed E-state index contributed by atoms with van der Waals surface area (Å²) >= 11 is 0. The number of carbonyl (C=O) groups excluding carboxylic acids is 2. The van der Waals surface area contributed by atoms with Gasteiger partial charge < -0.3 is 15.0 Å². The quantitative estimate of drug-likeness (QED) is 0.814. The molecule has 106 valence electrons. The summed E-state index contributed by atoms with van der Waals surface area (Å²) in [4.78, 5) is 26.2. The molecular formula is C14H22N2O3. The van der Waals surface area contributed by atoms with E-state index in [9.17, 15) is 9.59 Å². The number of rotatable bonds is 4. The molecule has 0 bridgehead atoms. The van der Waals surface area contributed by atoms with Crippen LogP contribution in [0.3, 0.4) is 0 Å². The maximum absolute atomic E-state index is 12.2. The van der Waals surface area contributed by atoms with Gasteiger partial charge in [-0.25, -0.2) is 0 Å². The predicted octanol–water partition coefficient (Wildman–Crippen LogP) is 0.683. The molecule has 1 N–H and O–H groups in total. The summed E-state index contributed by atoms with van der Waals surface area (Å²) in [7, 11) is 0. The van der Waals surface area contributed by atoms with E-state index in [0.29, 0.717) is 12.5 Å². The highest BCUT2D eigenvalue weighted by Gasteiger charge is 2.54. The van der Waals surface area contributed by atoms with Crippen LogP contribution < -0.4 is 5.32 Å². The predicted molar refractivity (Wildman–Crippen MR) is 69.4 cm³/mol. The second kappa shape index (κ2) is 4.78. The van der Waals surface area contributed by atoms with Crippen LogP contribution in [0, 0.1) is 5.92 Å². The first-order valence-electron chi connectivity index (χ1n) is 7.32. The van der Waals surface area contributed by atoms with Gasteiger partial charge in [-0.2, -0.15) is 0 Å². The fourth-order valence-corrected chi connectivity index (χ4v) is 3.37. The fraction of sp³-hybridized carbons (Fsp3) is 0.857. The molecule has 19 heavy (non-hydrogen) atoms. The first-order valence-corrected chi connectivity index (χ1v) is 7.32. The lowest BCUT2D eigenvalue weighted by molar-refractivity contribution is -0.154. The Kier molecular flexibility index (Phi) is 3.25. The van der Waals surface area contributed by atoms with Crippen LogP contribution in [0.1, 0.15) is 39.0 Å². The van der Waals surface area contributed by atoms with Gasteiger partial charge in [-0.3, -0.25) is 9.59 Å². The van der Waals surface area contributed by atoms with Gasteiger partial charge >= 0.3 is 0 Å². The van der Waals surface area contributed by atoms with Crippen molar-refractivity contribution in [2.75, 3.05) is 19.7 Å². The zero-order valence-corrected chi connectivity index (χ0v) is 11.5. The Hall–Kier alpha value is -1.10. The van der Waals surface area contributed by atoms with Crippen LogP contribution in [0.5, 0.6) is 0 Å². The molecule has 5 nitrogen and oxygen atoms in total. The summed E-state index contributed by atoms with van der Waals surface area (Å²) in [6.45, 7) is 3.54. The molecule has 2 amide bonds. The summed E-state index contributed by atoms with van der Waals surface area (Å²) in [5.74, 6) is 0.398. The molecule has 2 saturated heterocycles. The van der Waals surface area contributed by atoms with E-state index >= 15 is 0 Å². The van der Waals surface area contributed by atoms with Gasteiger partial charge in [0, 0.05) is 13.2 Å². The standard InChI is InChI=1S/C14H22N2O3/c1-14(10-4-5-10)13(18)15-9-12(17)16(14)7-6-11-3-2-8-19-11/h10-11H,2-9H2,1H3,(H,15,18). The number of hydrogen-bond acceptors (Lipinski definition) is 3. The Morgan fingerprint density at radius 2 is 2.16 bits per heavy atom. The van der Waals surface area contributed by atoms with Crippen LogP contribution >= 0.6 is 0 Å². The molecule has 3 aliphatic rings. The minimum absolute atomic E-state index is 0.0157. The molecule has 3 rings (SSSR count). The lowest BCUT2D eigenvalue weighted by atomic mass is 9.89. The number of hydrogen-bond donors (Lipinski definition) is 1. The summed E-state index contributed by atoms with van der Waals surface area (Å²) in [5.41, 5.74) is -0.631. The molecule has 0 spiro atoms. The first-order chi connectivity index (χ1) is 9.12. The molecule has 2 heterocycles. The van der Waals surface area contributed by atoms with Gasteiger partial charge in [-0.05, 0) is 44.9 Å². The number of nitrogens with zero attached hydrogens (tertiary/aromatic N) is 1. The van der Waals surface area contributed by atoms with E-state index in [2.05, 4.69) is 5.32 Å². The SMILES string of the molecule is CC1(C2CC2)C(=O)NCC(=O)N1CCC1CCCO1. The summed E-state index contributed by atoms with van der Waals surface area (Å²) in [6.07, 6.45) is 5.40. The largest absolute Gasteiger partial charge is 0.378 e. The van der Waals surface area contributed by atoms with Crippen LogP contribution in [-0.2, 0) is 14.3 Å². The smallest absolute Gasteiger partial charge is 0.246 e. The molecule has 0 radical (unpaired) electrons. The van der Waals surface area contributed by atoms with Crippen molar-refractivity contribution in [3.05, 3.63) is 0 Å². The van der Waals surface area contributed by atoms with Crippen molar-refractivity contribution >= 4 is 11.8 Å². The topological polar surface area (TPSA) is 58.6 Å². The van der Waals surface area contributed by atoms with Gasteiger partial charge in [0.2, 0.25) is 11.8 Å². The monoisotopic (exact) mass is 266 g/mol. The number of amides is 2. The zero-order chi connectivity index (χ0) is 13.5. The number of nitrogens with one attached hydrogen (secondary N) is 1. The molecular weight excluding hydrogens is 244 g/mol. The molecule has 2 atom stereocenters. The average Bonchev–Trinajstić information content (AvgIpc) is 3.13. The third-order valence-corrected chi connectivity index (χ3v) is 4.79. The third kappa shape index (κ3) is 2.24. The molecule has 1 aliphatic carbocycles. The number of carbonyl (C=O) groups is 2. The van der Waals surface area contributed by atoms with Crippen LogP contribution in [-0.4, -0.2) is 48.1 Å².